The summed E-state index contributed by atoms with van der Waals surface area (Å²) in [5, 5.41) is 15.9. The molecule has 0 radical (unpaired) electrons. The van der Waals surface area contributed by atoms with Crippen LogP contribution in [0.5, 0.6) is 5.75 Å². The molecule has 0 aliphatic carbocycles. The summed E-state index contributed by atoms with van der Waals surface area (Å²) in [5.74, 6) is -0.624. The first-order valence-corrected chi connectivity index (χ1v) is 6.70. The summed E-state index contributed by atoms with van der Waals surface area (Å²) in [7, 11) is 0. The number of hydrogen-bond donors (Lipinski definition) is 2. The maximum atomic E-state index is 12.9. The number of hydrogen-bond acceptors (Lipinski definition) is 4. The van der Waals surface area contributed by atoms with Crippen molar-refractivity contribution in [3.8, 4) is 5.75 Å². The lowest BCUT2D eigenvalue weighted by Crippen LogP contribution is -2.28. The van der Waals surface area contributed by atoms with E-state index in [0.717, 1.165) is 0 Å². The maximum absolute atomic E-state index is 12.9. The van der Waals surface area contributed by atoms with Crippen LogP contribution in [0.2, 0.25) is 0 Å². The number of amides is 1. The van der Waals surface area contributed by atoms with Crippen molar-refractivity contribution in [3.05, 3.63) is 59.9 Å². The summed E-state index contributed by atoms with van der Waals surface area (Å²) in [6, 6.07) is 12.1. The molecule has 112 valence electrons. The van der Waals surface area contributed by atoms with Crippen LogP contribution in [-0.2, 0) is 9.63 Å². The third-order valence-corrected chi connectivity index (χ3v) is 3.25. The molecule has 0 bridgehead atoms. The fourth-order valence-electron chi connectivity index (χ4n) is 2.14. The Morgan fingerprint density at radius 2 is 2.05 bits per heavy atom. The van der Waals surface area contributed by atoms with E-state index in [1.54, 1.807) is 24.3 Å². The van der Waals surface area contributed by atoms with Crippen molar-refractivity contribution < 1.29 is 19.1 Å². The monoisotopic (exact) mass is 300 g/mol. The van der Waals surface area contributed by atoms with Crippen LogP contribution in [0.1, 0.15) is 12.0 Å². The Morgan fingerprint density at radius 1 is 1.27 bits per heavy atom. The van der Waals surface area contributed by atoms with Gasteiger partial charge < -0.3 is 15.3 Å². The molecule has 1 atom stereocenters. The Balaban J connectivity index is 1.64. The summed E-state index contributed by atoms with van der Waals surface area (Å²) in [5.41, 5.74) is 1.79. The molecule has 0 spiro atoms. The number of aromatic hydroxyl groups is 1. The van der Waals surface area contributed by atoms with Gasteiger partial charge in [-0.2, -0.15) is 0 Å². The fourth-order valence-corrected chi connectivity index (χ4v) is 2.14. The van der Waals surface area contributed by atoms with Gasteiger partial charge in [0.15, 0.2) is 0 Å². The molecule has 22 heavy (non-hydrogen) atoms. The van der Waals surface area contributed by atoms with Gasteiger partial charge in [-0.1, -0.05) is 23.4 Å². The number of phenolic OH excluding ortho intramolecular Hbond substituents is 1. The summed E-state index contributed by atoms with van der Waals surface area (Å²) >= 11 is 0. The van der Waals surface area contributed by atoms with Crippen molar-refractivity contribution in [2.75, 3.05) is 5.32 Å². The van der Waals surface area contributed by atoms with Crippen LogP contribution in [0.15, 0.2) is 53.7 Å². The van der Waals surface area contributed by atoms with Crippen molar-refractivity contribution in [3.63, 3.8) is 0 Å². The minimum Gasteiger partial charge on any atom is -0.508 e. The van der Waals surface area contributed by atoms with Crippen LogP contribution in [0.3, 0.4) is 0 Å². The van der Waals surface area contributed by atoms with Crippen molar-refractivity contribution in [1.29, 1.82) is 0 Å². The van der Waals surface area contributed by atoms with Crippen LogP contribution >= 0.6 is 0 Å². The number of benzene rings is 2. The highest BCUT2D eigenvalue weighted by Gasteiger charge is 2.28. The standard InChI is InChI=1S/C16H13FN2O3/c17-11-6-4-10(5-7-11)14-9-15(22-19-14)16(21)18-12-2-1-3-13(20)8-12/h1-8,15,20H,9H2,(H,18,21)/t15-/m0/s1. The summed E-state index contributed by atoms with van der Waals surface area (Å²) < 4.78 is 12.9. The molecule has 6 heteroatoms. The molecule has 2 aromatic rings. The van der Waals surface area contributed by atoms with Gasteiger partial charge >= 0.3 is 0 Å². The van der Waals surface area contributed by atoms with E-state index in [-0.39, 0.29) is 17.5 Å². The SMILES string of the molecule is O=C(Nc1cccc(O)c1)[C@@H]1CC(c2ccc(F)cc2)=NO1. The molecule has 2 N–H and O–H groups in total. The minimum atomic E-state index is -0.748. The van der Waals surface area contributed by atoms with E-state index in [1.807, 2.05) is 0 Å². The first kappa shape index (κ1) is 14.1. The van der Waals surface area contributed by atoms with Crippen LogP contribution in [0.25, 0.3) is 0 Å². The Hall–Kier alpha value is -2.89. The number of carbonyl (C=O) groups excluding carboxylic acids is 1. The summed E-state index contributed by atoms with van der Waals surface area (Å²) in [6.45, 7) is 0. The Morgan fingerprint density at radius 3 is 2.77 bits per heavy atom. The van der Waals surface area contributed by atoms with Crippen LogP contribution in [-0.4, -0.2) is 22.8 Å². The molecule has 1 aliphatic heterocycles. The van der Waals surface area contributed by atoms with Crippen molar-refractivity contribution >= 4 is 17.3 Å². The highest BCUT2D eigenvalue weighted by Crippen LogP contribution is 2.20. The van der Waals surface area contributed by atoms with Gasteiger partial charge in [0.2, 0.25) is 6.10 Å². The van der Waals surface area contributed by atoms with E-state index in [2.05, 4.69) is 10.5 Å². The average Bonchev–Trinajstić information content (AvgIpc) is 2.98. The number of oxime groups is 1. The Kier molecular flexibility index (Phi) is 3.74. The molecule has 1 heterocycles. The van der Waals surface area contributed by atoms with E-state index in [4.69, 9.17) is 4.84 Å². The lowest BCUT2D eigenvalue weighted by Gasteiger charge is -2.09. The smallest absolute Gasteiger partial charge is 0.268 e. The molecule has 2 aromatic carbocycles. The lowest BCUT2D eigenvalue weighted by molar-refractivity contribution is -0.125. The molecular weight excluding hydrogens is 287 g/mol. The first-order valence-electron chi connectivity index (χ1n) is 6.70. The summed E-state index contributed by atoms with van der Waals surface area (Å²) in [4.78, 5) is 17.2. The Bertz CT molecular complexity index is 728. The van der Waals surface area contributed by atoms with Crippen LogP contribution in [0.4, 0.5) is 10.1 Å². The van der Waals surface area contributed by atoms with Crippen LogP contribution < -0.4 is 5.32 Å². The lowest BCUT2D eigenvalue weighted by atomic mass is 10.0. The molecule has 0 saturated heterocycles. The van der Waals surface area contributed by atoms with Gasteiger partial charge in [0.1, 0.15) is 11.6 Å². The third kappa shape index (κ3) is 3.06. The van der Waals surface area contributed by atoms with E-state index >= 15 is 0 Å². The van der Waals surface area contributed by atoms with Crippen molar-refractivity contribution in [1.82, 2.24) is 0 Å². The molecule has 1 aliphatic rings. The highest BCUT2D eigenvalue weighted by molar-refractivity contribution is 6.06. The molecule has 1 amide bonds. The van der Waals surface area contributed by atoms with Crippen molar-refractivity contribution in [2.24, 2.45) is 5.16 Å². The number of carbonyl (C=O) groups is 1. The molecular formula is C16H13FN2O3. The second-order valence-corrected chi connectivity index (χ2v) is 4.88. The van der Waals surface area contributed by atoms with Crippen molar-refractivity contribution in [2.45, 2.75) is 12.5 Å². The first-order chi connectivity index (χ1) is 10.6. The quantitative estimate of drug-likeness (QED) is 0.915. The zero-order valence-corrected chi connectivity index (χ0v) is 11.5. The largest absolute Gasteiger partial charge is 0.508 e. The average molecular weight is 300 g/mol. The maximum Gasteiger partial charge on any atom is 0.268 e. The van der Waals surface area contributed by atoms with Gasteiger partial charge in [0, 0.05) is 18.2 Å². The van der Waals surface area contributed by atoms with Gasteiger partial charge in [-0.3, -0.25) is 4.79 Å². The molecule has 0 aromatic heterocycles. The van der Waals surface area contributed by atoms with Gasteiger partial charge in [-0.05, 0) is 29.8 Å². The van der Waals surface area contributed by atoms with Gasteiger partial charge in [-0.25, -0.2) is 4.39 Å². The number of nitrogens with one attached hydrogen (secondary N) is 1. The van der Waals surface area contributed by atoms with E-state index in [9.17, 15) is 14.3 Å². The molecule has 5 nitrogen and oxygen atoms in total. The topological polar surface area (TPSA) is 70.9 Å². The van der Waals surface area contributed by atoms with E-state index in [1.165, 1.54) is 24.3 Å². The van der Waals surface area contributed by atoms with E-state index in [0.29, 0.717) is 23.4 Å². The number of phenols is 1. The Labute approximate surface area is 126 Å². The molecule has 0 saturated carbocycles. The predicted molar refractivity (Wildman–Crippen MR) is 79.2 cm³/mol. The summed E-state index contributed by atoms with van der Waals surface area (Å²) in [6.07, 6.45) is -0.446. The zero-order chi connectivity index (χ0) is 15.5. The normalized spacial score (nSPS) is 16.8. The number of nitrogens with zero attached hydrogens (tertiary/aromatic N) is 1. The number of anilines is 1. The van der Waals surface area contributed by atoms with E-state index < -0.39 is 6.10 Å². The van der Waals surface area contributed by atoms with Gasteiger partial charge in [0.05, 0.1) is 5.71 Å². The number of halogens is 1. The second kappa shape index (κ2) is 5.85. The molecule has 0 fully saturated rings. The fraction of sp³-hybridized carbons (Fsp3) is 0.125. The minimum absolute atomic E-state index is 0.0633. The highest BCUT2D eigenvalue weighted by atomic mass is 19.1. The predicted octanol–water partition coefficient (Wildman–Crippen LogP) is 2.66. The molecule has 0 unspecified atom stereocenters. The third-order valence-electron chi connectivity index (χ3n) is 3.25. The zero-order valence-electron chi connectivity index (χ0n) is 11.5. The van der Waals surface area contributed by atoms with Gasteiger partial charge in [-0.15, -0.1) is 0 Å². The van der Waals surface area contributed by atoms with Gasteiger partial charge in [0.25, 0.3) is 5.91 Å². The second-order valence-electron chi connectivity index (χ2n) is 4.88. The number of rotatable bonds is 3. The van der Waals surface area contributed by atoms with Crippen LogP contribution in [0, 0.1) is 5.82 Å². The molecule has 3 rings (SSSR count).